The van der Waals surface area contributed by atoms with Crippen LogP contribution in [0.25, 0.3) is 0 Å². The van der Waals surface area contributed by atoms with Crippen LogP contribution in [0.5, 0.6) is 0 Å². The monoisotopic (exact) mass is 857 g/mol. The summed E-state index contributed by atoms with van der Waals surface area (Å²) in [7, 11) is 0. The maximum Gasteiger partial charge on any atom is 0.306 e. The van der Waals surface area contributed by atoms with Crippen LogP contribution in [0.15, 0.2) is 122 Å². The molecule has 0 fully saturated rings. The maximum absolute atomic E-state index is 12.8. The normalized spacial score (nSPS) is 13.3. The van der Waals surface area contributed by atoms with Gasteiger partial charge >= 0.3 is 11.9 Å². The molecule has 0 amide bonds. The second-order valence-electron chi connectivity index (χ2n) is 16.0. The average Bonchev–Trinajstić information content (AvgIpc) is 3.27. The SMILES string of the molecule is CC/C=C\C/C=C\C/C=C\C/C=C\C/C=C\CCCCCC(=O)OCC(COCC/C=C\C/C=C\C/C=C\C/C=C\C/C=C\CC)OC(=O)CCCCCCCCCCCCC. The van der Waals surface area contributed by atoms with Crippen molar-refractivity contribution < 1.29 is 23.8 Å². The van der Waals surface area contributed by atoms with E-state index in [9.17, 15) is 9.59 Å². The first-order valence-corrected chi connectivity index (χ1v) is 25.1. The van der Waals surface area contributed by atoms with Gasteiger partial charge in [-0.05, 0) is 96.3 Å². The Morgan fingerprint density at radius 3 is 1.16 bits per heavy atom. The molecule has 0 aromatic heterocycles. The molecule has 0 aliphatic carbocycles. The summed E-state index contributed by atoms with van der Waals surface area (Å²) in [6, 6.07) is 0. The number of esters is 2. The molecule has 0 radical (unpaired) electrons. The van der Waals surface area contributed by atoms with E-state index in [4.69, 9.17) is 14.2 Å². The lowest BCUT2D eigenvalue weighted by atomic mass is 10.1. The molecular weight excluding hydrogens is 765 g/mol. The number of ether oxygens (including phenoxy) is 3. The third kappa shape index (κ3) is 49.0. The first-order valence-electron chi connectivity index (χ1n) is 25.1. The Bertz CT molecular complexity index is 1290. The zero-order chi connectivity index (χ0) is 44.9. The number of rotatable bonds is 44. The van der Waals surface area contributed by atoms with Crippen LogP contribution in [0, 0.1) is 0 Å². The van der Waals surface area contributed by atoms with Gasteiger partial charge in [-0.2, -0.15) is 0 Å². The highest BCUT2D eigenvalue weighted by molar-refractivity contribution is 5.70. The second-order valence-corrected chi connectivity index (χ2v) is 16.0. The number of allylic oxidation sites excluding steroid dienone is 19. The fraction of sp³-hybridized carbons (Fsp3) is 0.614. The van der Waals surface area contributed by atoms with Gasteiger partial charge in [0.05, 0.1) is 13.2 Å². The molecule has 0 heterocycles. The quantitative estimate of drug-likeness (QED) is 0.0347. The largest absolute Gasteiger partial charge is 0.462 e. The molecule has 0 aromatic carbocycles. The van der Waals surface area contributed by atoms with Gasteiger partial charge in [0.2, 0.25) is 0 Å². The van der Waals surface area contributed by atoms with Gasteiger partial charge in [-0.3, -0.25) is 9.59 Å². The third-order valence-electron chi connectivity index (χ3n) is 10.0. The van der Waals surface area contributed by atoms with E-state index in [1.165, 1.54) is 51.4 Å². The minimum absolute atomic E-state index is 0.0323. The van der Waals surface area contributed by atoms with Crippen molar-refractivity contribution in [2.24, 2.45) is 0 Å². The lowest BCUT2D eigenvalue weighted by Gasteiger charge is -2.18. The summed E-state index contributed by atoms with van der Waals surface area (Å²) < 4.78 is 17.2. The van der Waals surface area contributed by atoms with Crippen LogP contribution in [-0.4, -0.2) is 37.9 Å². The van der Waals surface area contributed by atoms with E-state index in [0.717, 1.165) is 116 Å². The number of hydrogen-bond acceptors (Lipinski definition) is 5. The molecule has 0 aliphatic rings. The molecule has 1 unspecified atom stereocenters. The van der Waals surface area contributed by atoms with Crippen LogP contribution in [0.2, 0.25) is 0 Å². The lowest BCUT2D eigenvalue weighted by Crippen LogP contribution is -2.30. The molecule has 0 spiro atoms. The Kier molecular flexibility index (Phi) is 48.6. The van der Waals surface area contributed by atoms with E-state index in [-0.39, 0.29) is 25.2 Å². The smallest absolute Gasteiger partial charge is 0.306 e. The third-order valence-corrected chi connectivity index (χ3v) is 10.0. The van der Waals surface area contributed by atoms with Crippen LogP contribution in [0.4, 0.5) is 0 Å². The maximum atomic E-state index is 12.8. The summed E-state index contributed by atoms with van der Waals surface area (Å²) >= 11 is 0. The van der Waals surface area contributed by atoms with E-state index in [1.807, 2.05) is 0 Å². The standard InChI is InChI=1S/C57H92O5/c1-4-7-10-13-16-19-22-24-26-28-29-30-31-33-36-38-41-44-47-50-56(58)61-54-55(62-57(59)51-48-45-42-39-35-21-18-15-12-9-6-3)53-60-52-49-46-43-40-37-34-32-27-25-23-20-17-14-11-8-5-2/h7-8,10-11,16-17,19-20,24-27,29-30,33-34,36-37,43,46,55H,4-6,9,12-15,18,21-23,28,31-32,35,38-42,44-45,47-54H2,1-3H3/b10-7-,11-8-,19-16-,20-17-,26-24-,27-25-,30-29-,36-33-,37-34-,46-43-. The molecule has 1 atom stereocenters. The summed E-state index contributed by atoms with van der Waals surface area (Å²) in [5.41, 5.74) is 0. The van der Waals surface area contributed by atoms with Gasteiger partial charge in [0.1, 0.15) is 6.61 Å². The van der Waals surface area contributed by atoms with Crippen molar-refractivity contribution in [1.29, 1.82) is 0 Å². The summed E-state index contributed by atoms with van der Waals surface area (Å²) in [6.07, 6.45) is 72.2. The zero-order valence-electron chi connectivity index (χ0n) is 40.1. The highest BCUT2D eigenvalue weighted by atomic mass is 16.6. The second kappa shape index (κ2) is 51.6. The van der Waals surface area contributed by atoms with E-state index in [0.29, 0.717) is 19.4 Å². The number of unbranched alkanes of at least 4 members (excludes halogenated alkanes) is 13. The highest BCUT2D eigenvalue weighted by Crippen LogP contribution is 2.13. The lowest BCUT2D eigenvalue weighted by molar-refractivity contribution is -0.162. The molecule has 0 saturated heterocycles. The predicted octanol–water partition coefficient (Wildman–Crippen LogP) is 17.0. The van der Waals surface area contributed by atoms with Crippen LogP contribution < -0.4 is 0 Å². The Balaban J connectivity index is 4.43. The molecule has 0 rings (SSSR count). The van der Waals surface area contributed by atoms with Gasteiger partial charge in [-0.1, -0.05) is 213 Å². The number of hydrogen-bond donors (Lipinski definition) is 0. The van der Waals surface area contributed by atoms with Crippen molar-refractivity contribution in [3.63, 3.8) is 0 Å². The molecule has 0 N–H and O–H groups in total. The number of carbonyl (C=O) groups is 2. The van der Waals surface area contributed by atoms with Crippen molar-refractivity contribution in [2.75, 3.05) is 19.8 Å². The van der Waals surface area contributed by atoms with Gasteiger partial charge in [-0.15, -0.1) is 0 Å². The fourth-order valence-corrected chi connectivity index (χ4v) is 6.36. The van der Waals surface area contributed by atoms with Gasteiger partial charge in [-0.25, -0.2) is 0 Å². The first kappa shape index (κ1) is 58.3. The Morgan fingerprint density at radius 1 is 0.371 bits per heavy atom. The van der Waals surface area contributed by atoms with Crippen molar-refractivity contribution >= 4 is 11.9 Å². The van der Waals surface area contributed by atoms with Crippen LogP contribution in [0.1, 0.15) is 201 Å². The molecule has 5 heteroatoms. The zero-order valence-corrected chi connectivity index (χ0v) is 40.1. The van der Waals surface area contributed by atoms with Crippen LogP contribution >= 0.6 is 0 Å². The molecular formula is C57H92O5. The molecule has 350 valence electrons. The van der Waals surface area contributed by atoms with Gasteiger partial charge in [0, 0.05) is 12.8 Å². The molecule has 0 aromatic rings. The van der Waals surface area contributed by atoms with Gasteiger partial charge < -0.3 is 14.2 Å². The van der Waals surface area contributed by atoms with Gasteiger partial charge in [0.15, 0.2) is 6.10 Å². The van der Waals surface area contributed by atoms with Crippen LogP contribution in [0.3, 0.4) is 0 Å². The minimum Gasteiger partial charge on any atom is -0.462 e. The van der Waals surface area contributed by atoms with Crippen LogP contribution in [-0.2, 0) is 23.8 Å². The van der Waals surface area contributed by atoms with Crippen molar-refractivity contribution in [2.45, 2.75) is 207 Å². The predicted molar refractivity (Wildman–Crippen MR) is 269 cm³/mol. The topological polar surface area (TPSA) is 61.8 Å². The average molecular weight is 857 g/mol. The molecule has 0 aliphatic heterocycles. The molecule has 0 saturated carbocycles. The van der Waals surface area contributed by atoms with E-state index < -0.39 is 6.10 Å². The minimum atomic E-state index is -0.595. The number of carbonyl (C=O) groups excluding carboxylic acids is 2. The van der Waals surface area contributed by atoms with Gasteiger partial charge in [0.25, 0.3) is 0 Å². The summed E-state index contributed by atoms with van der Waals surface area (Å²) in [6.45, 7) is 7.33. The molecule has 62 heavy (non-hydrogen) atoms. The Morgan fingerprint density at radius 2 is 0.726 bits per heavy atom. The molecule has 5 nitrogen and oxygen atoms in total. The summed E-state index contributed by atoms with van der Waals surface area (Å²) in [4.78, 5) is 25.3. The fourth-order valence-electron chi connectivity index (χ4n) is 6.36. The summed E-state index contributed by atoms with van der Waals surface area (Å²) in [5.74, 6) is -0.483. The van der Waals surface area contributed by atoms with E-state index in [1.54, 1.807) is 0 Å². The van der Waals surface area contributed by atoms with Crippen molar-refractivity contribution in [1.82, 2.24) is 0 Å². The van der Waals surface area contributed by atoms with Crippen molar-refractivity contribution in [3.05, 3.63) is 122 Å². The Hall–Kier alpha value is -3.70. The highest BCUT2D eigenvalue weighted by Gasteiger charge is 2.17. The Labute approximate surface area is 382 Å². The first-order chi connectivity index (χ1) is 30.6. The summed E-state index contributed by atoms with van der Waals surface area (Å²) in [5, 5.41) is 0. The molecule has 0 bridgehead atoms. The van der Waals surface area contributed by atoms with E-state index >= 15 is 0 Å². The van der Waals surface area contributed by atoms with E-state index in [2.05, 4.69) is 142 Å². The van der Waals surface area contributed by atoms with Crippen molar-refractivity contribution in [3.8, 4) is 0 Å².